The molecule has 13 heteroatoms. The van der Waals surface area contributed by atoms with Crippen LogP contribution in [0.2, 0.25) is 0 Å². The van der Waals surface area contributed by atoms with Crippen molar-refractivity contribution in [3.05, 3.63) is 58.6 Å². The summed E-state index contributed by atoms with van der Waals surface area (Å²) in [6.45, 7) is 3.97. The van der Waals surface area contributed by atoms with Gasteiger partial charge in [0.05, 0.1) is 14.7 Å². The molecular weight excluding hydrogens is 460 g/mol. The van der Waals surface area contributed by atoms with E-state index in [0.29, 0.717) is 18.8 Å². The maximum Gasteiger partial charge on any atom is 0.269 e. The second-order valence-corrected chi connectivity index (χ2v) is 10.3. The number of nitrogens with one attached hydrogen (secondary N) is 2. The van der Waals surface area contributed by atoms with Gasteiger partial charge in [0.2, 0.25) is 26.0 Å². The van der Waals surface area contributed by atoms with Crippen molar-refractivity contribution in [3.63, 3.8) is 0 Å². The molecule has 0 unspecified atom stereocenters. The molecule has 32 heavy (non-hydrogen) atoms. The van der Waals surface area contributed by atoms with Crippen LogP contribution in [0.5, 0.6) is 0 Å². The SMILES string of the molecule is CCN(CC)S(=O)(=O)c1ccc(NC(=O)CCNS(=O)(=O)c2ccc([N+](=O)[O-])cc2)cc1. The Bertz CT molecular complexity index is 1160. The minimum Gasteiger partial charge on any atom is -0.326 e. The minimum absolute atomic E-state index is 0.107. The van der Waals surface area contributed by atoms with Crippen LogP contribution in [0, 0.1) is 10.1 Å². The zero-order chi connectivity index (χ0) is 23.9. The van der Waals surface area contributed by atoms with Crippen LogP contribution in [0.3, 0.4) is 0 Å². The summed E-state index contributed by atoms with van der Waals surface area (Å²) in [7, 11) is -7.53. The number of nitro groups is 1. The molecule has 0 bridgehead atoms. The normalized spacial score (nSPS) is 12.0. The molecule has 0 heterocycles. The largest absolute Gasteiger partial charge is 0.326 e. The number of carbonyl (C=O) groups excluding carboxylic acids is 1. The molecule has 11 nitrogen and oxygen atoms in total. The van der Waals surface area contributed by atoms with Gasteiger partial charge in [-0.15, -0.1) is 0 Å². The molecule has 0 atom stereocenters. The molecular formula is C19H24N4O7S2. The molecule has 0 aliphatic heterocycles. The summed E-state index contributed by atoms with van der Waals surface area (Å²) in [5, 5.41) is 13.2. The van der Waals surface area contributed by atoms with E-state index in [2.05, 4.69) is 10.0 Å². The van der Waals surface area contributed by atoms with Crippen molar-refractivity contribution in [2.45, 2.75) is 30.1 Å². The number of nitrogens with zero attached hydrogens (tertiary/aromatic N) is 2. The third-order valence-electron chi connectivity index (χ3n) is 4.48. The van der Waals surface area contributed by atoms with Crippen molar-refractivity contribution >= 4 is 37.3 Å². The van der Waals surface area contributed by atoms with Gasteiger partial charge >= 0.3 is 0 Å². The first-order valence-corrected chi connectivity index (χ1v) is 12.6. The Morgan fingerprint density at radius 1 is 0.938 bits per heavy atom. The highest BCUT2D eigenvalue weighted by atomic mass is 32.2. The average Bonchev–Trinajstić information content (AvgIpc) is 2.74. The fourth-order valence-corrected chi connectivity index (χ4v) is 5.27. The van der Waals surface area contributed by atoms with Crippen molar-refractivity contribution in [2.24, 2.45) is 0 Å². The van der Waals surface area contributed by atoms with Gasteiger partial charge in [0, 0.05) is 43.9 Å². The number of sulfonamides is 2. The third-order valence-corrected chi connectivity index (χ3v) is 8.02. The highest BCUT2D eigenvalue weighted by molar-refractivity contribution is 7.89. The van der Waals surface area contributed by atoms with Crippen LogP contribution in [0.15, 0.2) is 58.3 Å². The number of hydrogen-bond donors (Lipinski definition) is 2. The number of nitro benzene ring substituents is 1. The first kappa shape index (κ1) is 25.4. The molecule has 0 saturated heterocycles. The van der Waals surface area contributed by atoms with Gasteiger partial charge in [-0.05, 0) is 36.4 Å². The molecule has 174 valence electrons. The second kappa shape index (κ2) is 10.6. The highest BCUT2D eigenvalue weighted by Crippen LogP contribution is 2.19. The number of carbonyl (C=O) groups is 1. The van der Waals surface area contributed by atoms with Gasteiger partial charge in [-0.25, -0.2) is 21.6 Å². The van der Waals surface area contributed by atoms with Gasteiger partial charge in [-0.3, -0.25) is 14.9 Å². The zero-order valence-electron chi connectivity index (χ0n) is 17.5. The van der Waals surface area contributed by atoms with Crippen LogP contribution in [-0.2, 0) is 24.8 Å². The monoisotopic (exact) mass is 484 g/mol. The number of benzene rings is 2. The average molecular weight is 485 g/mol. The smallest absolute Gasteiger partial charge is 0.269 e. The quantitative estimate of drug-likeness (QED) is 0.364. The van der Waals surface area contributed by atoms with Crippen molar-refractivity contribution < 1.29 is 26.6 Å². The van der Waals surface area contributed by atoms with E-state index >= 15 is 0 Å². The van der Waals surface area contributed by atoms with Gasteiger partial charge in [-0.2, -0.15) is 4.31 Å². The summed E-state index contributed by atoms with van der Waals surface area (Å²) in [6, 6.07) is 10.0. The topological polar surface area (TPSA) is 156 Å². The lowest BCUT2D eigenvalue weighted by molar-refractivity contribution is -0.384. The van der Waals surface area contributed by atoms with Gasteiger partial charge in [0.1, 0.15) is 0 Å². The summed E-state index contributed by atoms with van der Waals surface area (Å²) in [5.74, 6) is -0.476. The van der Waals surface area contributed by atoms with E-state index < -0.39 is 30.9 Å². The van der Waals surface area contributed by atoms with Crippen LogP contribution in [0.1, 0.15) is 20.3 Å². The van der Waals surface area contributed by atoms with Gasteiger partial charge in [-0.1, -0.05) is 13.8 Å². The Kier molecular flexibility index (Phi) is 8.44. The summed E-state index contributed by atoms with van der Waals surface area (Å²) < 4.78 is 52.9. The molecule has 1 amide bonds. The van der Waals surface area contributed by atoms with E-state index in [1.54, 1.807) is 13.8 Å². The Hall–Kier alpha value is -2.87. The number of anilines is 1. The zero-order valence-corrected chi connectivity index (χ0v) is 19.1. The predicted molar refractivity (Wildman–Crippen MR) is 118 cm³/mol. The molecule has 2 N–H and O–H groups in total. The van der Waals surface area contributed by atoms with Crippen LogP contribution >= 0.6 is 0 Å². The molecule has 0 aliphatic rings. The maximum atomic E-state index is 12.5. The highest BCUT2D eigenvalue weighted by Gasteiger charge is 2.21. The van der Waals surface area contributed by atoms with Crippen LogP contribution in [-0.4, -0.2) is 51.6 Å². The predicted octanol–water partition coefficient (Wildman–Crippen LogP) is 1.93. The van der Waals surface area contributed by atoms with Crippen molar-refractivity contribution in [1.82, 2.24) is 9.03 Å². The van der Waals surface area contributed by atoms with Gasteiger partial charge < -0.3 is 5.32 Å². The van der Waals surface area contributed by atoms with Crippen molar-refractivity contribution in [3.8, 4) is 0 Å². The molecule has 0 radical (unpaired) electrons. The standard InChI is InChI=1S/C19H24N4O7S2/c1-3-22(4-2)32(29,30)18-9-5-15(6-10-18)21-19(24)13-14-20-31(27,28)17-11-7-16(8-12-17)23(25)26/h5-12,20H,3-4,13-14H2,1-2H3,(H,21,24). The fourth-order valence-electron chi connectivity index (χ4n) is 2.78. The van der Waals surface area contributed by atoms with E-state index in [0.717, 1.165) is 24.3 Å². The Morgan fingerprint density at radius 2 is 1.47 bits per heavy atom. The molecule has 0 aromatic heterocycles. The fraction of sp³-hybridized carbons (Fsp3) is 0.316. The first-order chi connectivity index (χ1) is 15.0. The van der Waals surface area contributed by atoms with Crippen LogP contribution < -0.4 is 10.0 Å². The maximum absolute atomic E-state index is 12.5. The third kappa shape index (κ3) is 6.32. The van der Waals surface area contributed by atoms with Gasteiger partial charge in [0.15, 0.2) is 0 Å². The van der Waals surface area contributed by atoms with Gasteiger partial charge in [0.25, 0.3) is 5.69 Å². The lowest BCUT2D eigenvalue weighted by Gasteiger charge is -2.18. The molecule has 0 saturated carbocycles. The molecule has 2 aromatic carbocycles. The number of rotatable bonds is 11. The van der Waals surface area contributed by atoms with Crippen molar-refractivity contribution in [1.29, 1.82) is 0 Å². The Morgan fingerprint density at radius 3 is 1.97 bits per heavy atom. The lowest BCUT2D eigenvalue weighted by Crippen LogP contribution is -2.30. The van der Waals surface area contributed by atoms with E-state index in [1.807, 2.05) is 0 Å². The van der Waals surface area contributed by atoms with E-state index in [-0.39, 0.29) is 28.4 Å². The van der Waals surface area contributed by atoms with E-state index in [4.69, 9.17) is 0 Å². The number of hydrogen-bond acceptors (Lipinski definition) is 7. The van der Waals surface area contributed by atoms with E-state index in [1.165, 1.54) is 28.6 Å². The van der Waals surface area contributed by atoms with Crippen molar-refractivity contribution in [2.75, 3.05) is 25.0 Å². The lowest BCUT2D eigenvalue weighted by atomic mass is 10.3. The summed E-state index contributed by atoms with van der Waals surface area (Å²) in [6.07, 6.45) is -0.175. The Balaban J connectivity index is 1.92. The first-order valence-electron chi connectivity index (χ1n) is 9.65. The Labute approximate surface area is 186 Å². The molecule has 0 spiro atoms. The number of amides is 1. The van der Waals surface area contributed by atoms with E-state index in [9.17, 15) is 31.7 Å². The summed E-state index contributed by atoms with van der Waals surface area (Å²) in [4.78, 5) is 22.0. The minimum atomic E-state index is -3.93. The molecule has 2 aromatic rings. The summed E-state index contributed by atoms with van der Waals surface area (Å²) >= 11 is 0. The second-order valence-electron chi connectivity index (χ2n) is 6.56. The molecule has 0 aliphatic carbocycles. The molecule has 2 rings (SSSR count). The summed E-state index contributed by atoms with van der Waals surface area (Å²) in [5.41, 5.74) is 0.131. The number of non-ortho nitro benzene ring substituents is 1. The van der Waals surface area contributed by atoms with Crippen LogP contribution in [0.4, 0.5) is 11.4 Å². The van der Waals surface area contributed by atoms with Crippen LogP contribution in [0.25, 0.3) is 0 Å². The molecule has 0 fully saturated rings.